The topological polar surface area (TPSA) is 773 Å². The molecular formula is C88H102N4O45S3. The number of hydrogen-bond donors (Lipinski definition) is 25. The van der Waals surface area contributed by atoms with E-state index in [1.807, 2.05) is 0 Å². The molecule has 49 nitrogen and oxygen atoms in total. The van der Waals surface area contributed by atoms with E-state index in [2.05, 4.69) is 9.97 Å². The molecule has 0 saturated carbocycles. The van der Waals surface area contributed by atoms with Crippen LogP contribution >= 0.6 is 0 Å². The molecule has 140 heavy (non-hydrogen) atoms. The molecule has 23 aliphatic heterocycles. The molecule has 21 fully saturated rings. The van der Waals surface area contributed by atoms with E-state index in [1.54, 1.807) is 72.8 Å². The van der Waals surface area contributed by atoms with E-state index in [4.69, 9.17) is 85.8 Å². The number of benzene rings is 4. The van der Waals surface area contributed by atoms with Gasteiger partial charge in [-0.3, -0.25) is 13.7 Å². The summed E-state index contributed by atoms with van der Waals surface area (Å²) in [4.78, 5) is 16.0. The number of aliphatic hydroxyl groups is 20. The minimum absolute atomic E-state index is 0.139. The summed E-state index contributed by atoms with van der Waals surface area (Å²) in [6.07, 6.45) is -66.4. The molecule has 3 aromatic heterocycles. The first-order chi connectivity index (χ1) is 66.8. The van der Waals surface area contributed by atoms with Gasteiger partial charge in [0.1, 0.15) is 183 Å². The van der Waals surface area contributed by atoms with Gasteiger partial charge in [-0.1, -0.05) is 48.5 Å². The Hall–Kier alpha value is -8.39. The van der Waals surface area contributed by atoms with Gasteiger partial charge in [-0.15, -0.1) is 0 Å². The van der Waals surface area contributed by atoms with E-state index in [0.29, 0.717) is 89.4 Å². The molecule has 7 aromatic rings. The molecule has 4 aromatic carbocycles. The lowest BCUT2D eigenvalue weighted by Gasteiger charge is -2.50. The van der Waals surface area contributed by atoms with Gasteiger partial charge in [0.25, 0.3) is 30.4 Å². The molecule has 52 heteroatoms. The van der Waals surface area contributed by atoms with E-state index >= 15 is 0 Å². The van der Waals surface area contributed by atoms with Crippen molar-refractivity contribution in [1.29, 1.82) is 0 Å². The molecule has 23 aliphatic rings. The number of H-pyrrole nitrogens is 2. The SMILES string of the molecule is O=S(=O)(O)c1ccc(-c2c3nc(c(-c4ccc(S(=O)(=O)O)cc4)c4ccc([nH]4)c(-c4ccc(S(=O)(=O)O)cc4)c4nc(c(-c5ccc(OCCOC6C7OC(CO)C(OC8OC(CO)C(OC9OC(CO)C(OC%10OC(CO)C(OC%11OC(CO)C(OC%12OC(CO)C(OC%13OC(CO)C(O7)C(O)C%13O)C(O)C%12O)C(O)C%11O)C(O)C%10O)C(O)C9O)C(O)C8O)C6O)cc5)c5ccc2[nH]5)C=C4)C=C3)cc1. The highest BCUT2D eigenvalue weighted by atomic mass is 32.2. The quantitative estimate of drug-likeness (QED) is 0.0265. The number of hydrogen-bond acceptors (Lipinski definition) is 44. The van der Waals surface area contributed by atoms with Crippen molar-refractivity contribution in [2.75, 3.05) is 59.5 Å². The Balaban J connectivity index is 0.690. The van der Waals surface area contributed by atoms with Crippen molar-refractivity contribution in [2.45, 2.75) is 230 Å². The summed E-state index contributed by atoms with van der Waals surface area (Å²) in [5.41, 5.74) is 6.00. The molecular weight excluding hydrogens is 1930 g/mol. The van der Waals surface area contributed by atoms with Crippen molar-refractivity contribution in [2.24, 2.45) is 0 Å². The van der Waals surface area contributed by atoms with Crippen molar-refractivity contribution in [3.8, 4) is 50.3 Å². The summed E-state index contributed by atoms with van der Waals surface area (Å²) >= 11 is 0. The van der Waals surface area contributed by atoms with Gasteiger partial charge in [-0.2, -0.15) is 25.3 Å². The van der Waals surface area contributed by atoms with Crippen molar-refractivity contribution < 1.29 is 217 Å². The summed E-state index contributed by atoms with van der Waals surface area (Å²) in [5.74, 6) is 0.139. The number of rotatable bonds is 19. The van der Waals surface area contributed by atoms with E-state index in [9.17, 15) is 141 Å². The van der Waals surface area contributed by atoms with Gasteiger partial charge >= 0.3 is 0 Å². The maximum absolute atomic E-state index is 12.7. The van der Waals surface area contributed by atoms with Gasteiger partial charge < -0.3 is 188 Å². The van der Waals surface area contributed by atoms with Crippen LogP contribution in [0.1, 0.15) is 22.8 Å². The van der Waals surface area contributed by atoms with Crippen LogP contribution in [0.4, 0.5) is 0 Å². The summed E-state index contributed by atoms with van der Waals surface area (Å²) in [7, 11) is -14.1. The van der Waals surface area contributed by atoms with Gasteiger partial charge in [0.05, 0.1) is 90.3 Å². The third kappa shape index (κ3) is 20.6. The monoisotopic (exact) mass is 2030 g/mol. The molecule has 0 spiro atoms. The fraction of sp³-hybridized carbons (Fsp3) is 0.500. The van der Waals surface area contributed by atoms with Crippen LogP contribution < -0.4 is 4.74 Å². The number of aromatic nitrogens is 4. The van der Waals surface area contributed by atoms with Gasteiger partial charge in [0.15, 0.2) is 44.0 Å². The first kappa shape index (κ1) is 103. The zero-order chi connectivity index (χ0) is 99.7. The van der Waals surface area contributed by atoms with Crippen LogP contribution in [-0.2, 0) is 101 Å². The Kier molecular flexibility index (Phi) is 31.2. The molecule has 0 amide bonds. The predicted molar refractivity (Wildman–Crippen MR) is 468 cm³/mol. The smallest absolute Gasteiger partial charge is 0.294 e. The van der Waals surface area contributed by atoms with E-state index in [0.717, 1.165) is 0 Å². The van der Waals surface area contributed by atoms with E-state index < -0.39 is 319 Å². The van der Waals surface area contributed by atoms with Crippen LogP contribution in [0.25, 0.3) is 90.9 Å². The van der Waals surface area contributed by atoms with Crippen molar-refractivity contribution in [3.63, 3.8) is 0 Å². The molecule has 22 bridgehead atoms. The molecule has 762 valence electrons. The van der Waals surface area contributed by atoms with Crippen LogP contribution in [0.5, 0.6) is 5.75 Å². The zero-order valence-corrected chi connectivity index (χ0v) is 75.3. The summed E-state index contributed by atoms with van der Waals surface area (Å²) in [5, 5.41) is 229. The molecule has 30 rings (SSSR count). The van der Waals surface area contributed by atoms with Crippen LogP contribution in [0.3, 0.4) is 0 Å². The number of aliphatic hydroxyl groups excluding tert-OH is 20. The third-order valence-corrected chi connectivity index (χ3v) is 28.2. The second kappa shape index (κ2) is 42.4. The third-order valence-electron chi connectivity index (χ3n) is 25.6. The zero-order valence-electron chi connectivity index (χ0n) is 72.8. The van der Waals surface area contributed by atoms with Gasteiger partial charge in [-0.25, -0.2) is 9.97 Å². The highest BCUT2D eigenvalue weighted by Gasteiger charge is 2.60. The lowest BCUT2D eigenvalue weighted by Crippen LogP contribution is -2.68. The van der Waals surface area contributed by atoms with Crippen LogP contribution in [0, 0.1) is 0 Å². The van der Waals surface area contributed by atoms with Crippen LogP contribution in [-0.4, -0.2) is 435 Å². The minimum atomic E-state index is -4.71. The summed E-state index contributed by atoms with van der Waals surface area (Å²) in [6, 6.07) is 29.1. The summed E-state index contributed by atoms with van der Waals surface area (Å²) in [6.45, 7) is -8.89. The molecule has 35 unspecified atom stereocenters. The highest BCUT2D eigenvalue weighted by Crippen LogP contribution is 2.45. The number of nitrogens with one attached hydrogen (secondary N) is 2. The van der Waals surface area contributed by atoms with Crippen molar-refractivity contribution >= 4 is 76.7 Å². The van der Waals surface area contributed by atoms with Crippen molar-refractivity contribution in [3.05, 3.63) is 144 Å². The highest BCUT2D eigenvalue weighted by molar-refractivity contribution is 7.86. The maximum Gasteiger partial charge on any atom is 0.294 e. The first-order valence-electron chi connectivity index (χ1n) is 43.9. The largest absolute Gasteiger partial charge is 0.491 e. The summed E-state index contributed by atoms with van der Waals surface area (Å²) < 4.78 is 200. The molecule has 0 radical (unpaired) electrons. The second-order valence-electron chi connectivity index (χ2n) is 34.4. The number of aromatic amines is 2. The van der Waals surface area contributed by atoms with Gasteiger partial charge in [-0.05, 0) is 119 Å². The van der Waals surface area contributed by atoms with Gasteiger partial charge in [0, 0.05) is 44.3 Å². The predicted octanol–water partition coefficient (Wildman–Crippen LogP) is -5.75. The standard InChI is InChI=1S/C88H102N4O45S3/c93-27-50-74-61(100)67(106)83(124-50)132-76-52(29-95)126-85(69(108)63(76)102)134-78-54(31-97)128-87(71(110)65(78)104)136-80-56(33-99)130-88(137-79-55(32-98)129-86(72(111)66(79)105)135-77-53(30-96)127-84(70(109)64(77)103)133-75-51(28-94)125-82(131-74)68(107)62(75)101)81(73(80)112)123-26-25-122-38-9-1-34(2-10-38)57-42-17-19-44(89-42)58(35-3-11-39(12-4-35)138(113,114)115)46-21-23-48(91-46)60(37-7-15-41(16-8-37)140(119,120)121)49-24-22-47(92-49)59(45-20-18-43(57)90-45)36-5-13-40(14-6-36)139(116,117)118/h1-24,50-56,61-89,92-112H,25-33H2,(H,113,114,115)(H,116,117,118)(H,119,120,121). The number of nitrogens with zero attached hydrogens (tertiary/aromatic N) is 2. The fourth-order valence-corrected chi connectivity index (χ4v) is 19.9. The van der Waals surface area contributed by atoms with Crippen LogP contribution in [0.15, 0.2) is 136 Å². The Morgan fingerprint density at radius 1 is 0.257 bits per heavy atom. The Morgan fingerprint density at radius 2 is 0.464 bits per heavy atom. The number of fused-ring (bicyclic) bond motifs is 8. The maximum atomic E-state index is 12.7. The minimum Gasteiger partial charge on any atom is -0.491 e. The molecule has 35 atom stereocenters. The lowest BCUT2D eigenvalue weighted by molar-refractivity contribution is -0.398. The number of ether oxygens (including phenoxy) is 16. The van der Waals surface area contributed by atoms with Crippen molar-refractivity contribution in [1.82, 2.24) is 19.9 Å². The lowest BCUT2D eigenvalue weighted by atomic mass is 9.95. The fourth-order valence-electron chi connectivity index (χ4n) is 18.4. The molecule has 25 N–H and O–H groups in total. The first-order valence-corrected chi connectivity index (χ1v) is 48.2. The van der Waals surface area contributed by atoms with Gasteiger partial charge in [0.2, 0.25) is 0 Å². The van der Waals surface area contributed by atoms with E-state index in [1.165, 1.54) is 72.8 Å². The molecule has 21 saturated heterocycles. The Labute approximate surface area is 793 Å². The Bertz CT molecular complexity index is 6050. The normalized spacial score (nSPS) is 36.3. The van der Waals surface area contributed by atoms with Crippen LogP contribution in [0.2, 0.25) is 0 Å². The molecule has 0 aliphatic carbocycles. The average Bonchev–Trinajstić information content (AvgIpc) is 1.46. The molecule has 26 heterocycles. The average molecular weight is 2030 g/mol. The van der Waals surface area contributed by atoms with E-state index in [-0.39, 0.29) is 5.75 Å². The second-order valence-corrected chi connectivity index (χ2v) is 38.6. The Morgan fingerprint density at radius 3 is 0.686 bits per heavy atom.